The Morgan fingerprint density at radius 1 is 1.25 bits per heavy atom. The van der Waals surface area contributed by atoms with Crippen molar-refractivity contribution in [1.82, 2.24) is 9.88 Å². The van der Waals surface area contributed by atoms with Crippen LogP contribution in [0.2, 0.25) is 0 Å². The van der Waals surface area contributed by atoms with Crippen LogP contribution in [-0.2, 0) is 22.7 Å². The van der Waals surface area contributed by atoms with Gasteiger partial charge in [-0.15, -0.1) is 11.3 Å². The van der Waals surface area contributed by atoms with Crippen molar-refractivity contribution in [3.05, 3.63) is 48.1 Å². The first kappa shape index (κ1) is 16.7. The molecule has 0 unspecified atom stereocenters. The second-order valence-corrected chi connectivity index (χ2v) is 7.67. The molecule has 0 spiro atoms. The van der Waals surface area contributed by atoms with E-state index in [0.29, 0.717) is 5.76 Å². The molecule has 0 atom stereocenters. The fraction of sp³-hybridized carbons (Fsp3) is 0.154. The topological polar surface area (TPSA) is 85.3 Å². The average Bonchev–Trinajstić information content (AvgIpc) is 3.23. The van der Waals surface area contributed by atoms with Crippen molar-refractivity contribution in [3.8, 4) is 10.6 Å². The molecule has 0 bridgehead atoms. The van der Waals surface area contributed by atoms with Gasteiger partial charge >= 0.3 is 6.18 Å². The number of halogens is 3. The zero-order chi connectivity index (χ0) is 17.4. The minimum Gasteiger partial charge on any atom is -0.468 e. The number of nitrogens with zero attached hydrogens (tertiary/aromatic N) is 1. The van der Waals surface area contributed by atoms with Gasteiger partial charge in [0.05, 0.1) is 17.7 Å². The molecule has 3 aromatic rings. The quantitative estimate of drug-likeness (QED) is 0.735. The molecule has 0 saturated heterocycles. The lowest BCUT2D eigenvalue weighted by Gasteiger charge is -2.02. The number of nitrogens with one attached hydrogen (secondary N) is 1. The van der Waals surface area contributed by atoms with Gasteiger partial charge in [-0.05, 0) is 24.3 Å². The zero-order valence-electron chi connectivity index (χ0n) is 11.7. The monoisotopic (exact) mass is 378 g/mol. The molecular weight excluding hydrogens is 369 g/mol. The van der Waals surface area contributed by atoms with Crippen LogP contribution in [0.1, 0.15) is 11.5 Å². The lowest BCUT2D eigenvalue weighted by molar-refractivity contribution is -0.155. The Morgan fingerprint density at radius 3 is 2.67 bits per heavy atom. The van der Waals surface area contributed by atoms with Crippen molar-refractivity contribution >= 4 is 21.4 Å². The third-order valence-electron chi connectivity index (χ3n) is 2.90. The third kappa shape index (κ3) is 3.52. The first-order valence-electron chi connectivity index (χ1n) is 6.42. The molecule has 128 valence electrons. The van der Waals surface area contributed by atoms with Crippen LogP contribution in [0.3, 0.4) is 0 Å². The van der Waals surface area contributed by atoms with E-state index < -0.39 is 22.0 Å². The maximum atomic E-state index is 12.5. The Labute approximate surface area is 137 Å². The number of furan rings is 1. The second kappa shape index (κ2) is 6.07. The minimum atomic E-state index is -4.65. The highest BCUT2D eigenvalue weighted by atomic mass is 32.2. The molecule has 0 saturated carbocycles. The third-order valence-corrected chi connectivity index (χ3v) is 5.91. The Hall–Kier alpha value is -2.11. The summed E-state index contributed by atoms with van der Waals surface area (Å²) in [5.41, 5.74) is -0.0835. The Bertz CT molecular complexity index is 927. The lowest BCUT2D eigenvalue weighted by Crippen LogP contribution is -2.22. The number of rotatable bonds is 5. The largest absolute Gasteiger partial charge is 0.468 e. The highest BCUT2D eigenvalue weighted by Crippen LogP contribution is 2.35. The van der Waals surface area contributed by atoms with E-state index in [4.69, 9.17) is 4.42 Å². The normalized spacial score (nSPS) is 12.6. The number of hydrogen-bond acceptors (Lipinski definition) is 6. The zero-order valence-corrected chi connectivity index (χ0v) is 13.3. The van der Waals surface area contributed by atoms with Gasteiger partial charge in [0.15, 0.2) is 0 Å². The molecule has 11 heteroatoms. The van der Waals surface area contributed by atoms with E-state index in [1.807, 2.05) is 0 Å². The van der Waals surface area contributed by atoms with Gasteiger partial charge in [0.25, 0.3) is 0 Å². The molecule has 3 heterocycles. The van der Waals surface area contributed by atoms with E-state index in [1.165, 1.54) is 18.4 Å². The Balaban J connectivity index is 1.78. The van der Waals surface area contributed by atoms with Gasteiger partial charge in [0.2, 0.25) is 15.8 Å². The summed E-state index contributed by atoms with van der Waals surface area (Å²) in [4.78, 5) is 0.243. The van der Waals surface area contributed by atoms with Gasteiger partial charge in [-0.3, -0.25) is 0 Å². The Kier molecular flexibility index (Phi) is 4.24. The standard InChI is InChI=1S/C13H9F3N2O4S2/c14-13(15,16)11-6-9(18-22-11)10-3-4-12(23-10)24(19,20)17-7-8-2-1-5-21-8/h1-6,17H,7H2. The van der Waals surface area contributed by atoms with E-state index in [-0.39, 0.29) is 21.3 Å². The van der Waals surface area contributed by atoms with Crippen molar-refractivity contribution in [3.63, 3.8) is 0 Å². The van der Waals surface area contributed by atoms with Gasteiger partial charge in [-0.1, -0.05) is 5.16 Å². The van der Waals surface area contributed by atoms with Crippen LogP contribution in [0.4, 0.5) is 13.2 Å². The molecule has 0 amide bonds. The molecule has 3 rings (SSSR count). The van der Waals surface area contributed by atoms with Crippen LogP contribution in [0, 0.1) is 0 Å². The summed E-state index contributed by atoms with van der Waals surface area (Å²) >= 11 is 0.783. The first-order chi connectivity index (χ1) is 11.3. The molecular formula is C13H9F3N2O4S2. The summed E-state index contributed by atoms with van der Waals surface area (Å²) in [5, 5.41) is 3.32. The summed E-state index contributed by atoms with van der Waals surface area (Å²) in [6, 6.07) is 6.60. The maximum absolute atomic E-state index is 12.5. The van der Waals surface area contributed by atoms with Crippen LogP contribution < -0.4 is 4.72 Å². The van der Waals surface area contributed by atoms with E-state index in [9.17, 15) is 21.6 Å². The average molecular weight is 378 g/mol. The minimum absolute atomic E-state index is 0.0370. The van der Waals surface area contributed by atoms with Gasteiger partial charge < -0.3 is 8.94 Å². The molecule has 0 aromatic carbocycles. The Morgan fingerprint density at radius 2 is 2.04 bits per heavy atom. The molecule has 1 N–H and O–H groups in total. The molecule has 0 aliphatic heterocycles. The SMILES string of the molecule is O=S(=O)(NCc1ccco1)c1ccc(-c2cc(C(F)(F)F)on2)s1. The summed E-state index contributed by atoms with van der Waals surface area (Å²) < 4.78 is 73.4. The van der Waals surface area contributed by atoms with E-state index in [1.54, 1.807) is 12.1 Å². The molecule has 24 heavy (non-hydrogen) atoms. The van der Waals surface area contributed by atoms with E-state index in [0.717, 1.165) is 17.4 Å². The predicted molar refractivity (Wildman–Crippen MR) is 77.6 cm³/mol. The summed E-state index contributed by atoms with van der Waals surface area (Å²) in [6.45, 7) is -0.0370. The molecule has 0 aliphatic carbocycles. The number of aromatic nitrogens is 1. The molecule has 0 aliphatic rings. The van der Waals surface area contributed by atoms with E-state index >= 15 is 0 Å². The fourth-order valence-electron chi connectivity index (χ4n) is 1.78. The first-order valence-corrected chi connectivity index (χ1v) is 8.72. The van der Waals surface area contributed by atoms with Crippen molar-refractivity contribution < 1.29 is 30.5 Å². The maximum Gasteiger partial charge on any atom is 0.452 e. The van der Waals surface area contributed by atoms with Crippen molar-refractivity contribution in [2.24, 2.45) is 0 Å². The number of alkyl halides is 3. The van der Waals surface area contributed by atoms with Gasteiger partial charge in [0.1, 0.15) is 15.7 Å². The highest BCUT2D eigenvalue weighted by Gasteiger charge is 2.36. The summed E-state index contributed by atoms with van der Waals surface area (Å²) in [5.74, 6) is -0.812. The number of thiophene rings is 1. The van der Waals surface area contributed by atoms with Gasteiger partial charge in [0, 0.05) is 6.07 Å². The van der Waals surface area contributed by atoms with Crippen LogP contribution >= 0.6 is 11.3 Å². The van der Waals surface area contributed by atoms with Crippen LogP contribution in [0.15, 0.2) is 49.7 Å². The van der Waals surface area contributed by atoms with Crippen molar-refractivity contribution in [2.75, 3.05) is 0 Å². The van der Waals surface area contributed by atoms with Crippen LogP contribution in [0.5, 0.6) is 0 Å². The molecule has 0 fully saturated rings. The second-order valence-electron chi connectivity index (χ2n) is 4.60. The summed E-state index contributed by atoms with van der Waals surface area (Å²) in [6.07, 6.45) is -3.24. The predicted octanol–water partition coefficient (Wildman–Crippen LogP) is 3.49. The molecule has 3 aromatic heterocycles. The lowest BCUT2D eigenvalue weighted by atomic mass is 10.3. The summed E-state index contributed by atoms with van der Waals surface area (Å²) in [7, 11) is -3.82. The highest BCUT2D eigenvalue weighted by molar-refractivity contribution is 7.91. The van der Waals surface area contributed by atoms with Gasteiger partial charge in [-0.2, -0.15) is 13.2 Å². The molecule has 0 radical (unpaired) electrons. The fourth-order valence-corrected chi connectivity index (χ4v) is 4.07. The van der Waals surface area contributed by atoms with Crippen LogP contribution in [0.25, 0.3) is 10.6 Å². The van der Waals surface area contributed by atoms with Crippen LogP contribution in [-0.4, -0.2) is 13.6 Å². The van der Waals surface area contributed by atoms with Crippen molar-refractivity contribution in [1.29, 1.82) is 0 Å². The number of sulfonamides is 1. The van der Waals surface area contributed by atoms with E-state index in [2.05, 4.69) is 14.4 Å². The number of hydrogen-bond donors (Lipinski definition) is 1. The van der Waals surface area contributed by atoms with Gasteiger partial charge in [-0.25, -0.2) is 13.1 Å². The molecule has 6 nitrogen and oxygen atoms in total. The van der Waals surface area contributed by atoms with Crippen molar-refractivity contribution in [2.45, 2.75) is 16.9 Å². The smallest absolute Gasteiger partial charge is 0.452 e.